The fraction of sp³-hybridized carbons (Fsp3) is 1.00. The van der Waals surface area contributed by atoms with Crippen molar-refractivity contribution in [3.8, 4) is 0 Å². The zero-order chi connectivity index (χ0) is 6.41. The third-order valence-electron chi connectivity index (χ3n) is 0.803. The van der Waals surface area contributed by atoms with Gasteiger partial charge >= 0.3 is 0 Å². The molecule has 0 amide bonds. The van der Waals surface area contributed by atoms with Gasteiger partial charge in [-0.05, 0) is 0 Å². The lowest BCUT2D eigenvalue weighted by Gasteiger charge is -2.00. The molecule has 0 spiro atoms. The Morgan fingerprint density at radius 2 is 2.38 bits per heavy atom. The van der Waals surface area contributed by atoms with Crippen LogP contribution < -0.4 is 0 Å². The first kappa shape index (κ1) is 8.37. The van der Waals surface area contributed by atoms with Crippen LogP contribution in [0.3, 0.4) is 0 Å². The number of halogens is 2. The van der Waals surface area contributed by atoms with Crippen molar-refractivity contribution < 1.29 is 9.13 Å². The van der Waals surface area contributed by atoms with Crippen molar-refractivity contribution in [3.05, 3.63) is 0 Å². The van der Waals surface area contributed by atoms with Crippen LogP contribution in [-0.4, -0.2) is 25.2 Å². The standard InChI is InChI=1S/C5H10BrFO/c1-8-3-2-5(7)4-6/h5H,2-4H2,1H3/t5-/m0/s1. The van der Waals surface area contributed by atoms with E-state index in [1.54, 1.807) is 7.11 Å². The summed E-state index contributed by atoms with van der Waals surface area (Å²) in [4.78, 5) is 0. The molecule has 0 saturated heterocycles. The van der Waals surface area contributed by atoms with Gasteiger partial charge < -0.3 is 4.74 Å². The molecule has 0 bridgehead atoms. The van der Waals surface area contributed by atoms with Gasteiger partial charge in [-0.25, -0.2) is 4.39 Å². The van der Waals surface area contributed by atoms with Gasteiger partial charge in [0, 0.05) is 25.5 Å². The summed E-state index contributed by atoms with van der Waals surface area (Å²) in [5.74, 6) is 0. The van der Waals surface area contributed by atoms with Gasteiger partial charge in [0.25, 0.3) is 0 Å². The van der Waals surface area contributed by atoms with Crippen molar-refractivity contribution >= 4 is 15.9 Å². The van der Waals surface area contributed by atoms with E-state index in [-0.39, 0.29) is 0 Å². The van der Waals surface area contributed by atoms with E-state index in [1.807, 2.05) is 0 Å². The second-order valence-electron chi connectivity index (χ2n) is 1.53. The molecule has 3 heteroatoms. The summed E-state index contributed by atoms with van der Waals surface area (Å²) in [6.45, 7) is 0.507. The van der Waals surface area contributed by atoms with Crippen LogP contribution in [0.4, 0.5) is 4.39 Å². The molecule has 0 aromatic rings. The first-order valence-corrected chi connectivity index (χ1v) is 3.62. The van der Waals surface area contributed by atoms with E-state index in [4.69, 9.17) is 0 Å². The summed E-state index contributed by atoms with van der Waals surface area (Å²) >= 11 is 3.01. The maximum Gasteiger partial charge on any atom is 0.112 e. The van der Waals surface area contributed by atoms with Crippen molar-refractivity contribution in [2.45, 2.75) is 12.6 Å². The topological polar surface area (TPSA) is 9.23 Å². The van der Waals surface area contributed by atoms with Gasteiger partial charge in [0.2, 0.25) is 0 Å². The van der Waals surface area contributed by atoms with E-state index in [9.17, 15) is 4.39 Å². The van der Waals surface area contributed by atoms with E-state index < -0.39 is 6.17 Å². The number of alkyl halides is 2. The van der Waals surface area contributed by atoms with E-state index in [2.05, 4.69) is 20.7 Å². The minimum Gasteiger partial charge on any atom is -0.385 e. The second kappa shape index (κ2) is 5.51. The van der Waals surface area contributed by atoms with Crippen LogP contribution in [0, 0.1) is 0 Å². The lowest BCUT2D eigenvalue weighted by atomic mass is 10.3. The third kappa shape index (κ3) is 4.53. The Morgan fingerprint density at radius 3 is 2.75 bits per heavy atom. The molecule has 0 rings (SSSR count). The maximum atomic E-state index is 12.2. The summed E-state index contributed by atoms with van der Waals surface area (Å²) in [5.41, 5.74) is 0. The Morgan fingerprint density at radius 1 is 1.75 bits per heavy atom. The van der Waals surface area contributed by atoms with E-state index in [1.165, 1.54) is 0 Å². The molecule has 0 fully saturated rings. The van der Waals surface area contributed by atoms with Gasteiger partial charge in [-0.15, -0.1) is 0 Å². The number of hydrogen-bond acceptors (Lipinski definition) is 1. The molecule has 0 aliphatic rings. The van der Waals surface area contributed by atoms with Crippen molar-refractivity contribution in [1.82, 2.24) is 0 Å². The highest BCUT2D eigenvalue weighted by atomic mass is 79.9. The predicted molar refractivity (Wildman–Crippen MR) is 35.2 cm³/mol. The molecule has 0 aromatic heterocycles. The molecule has 0 aliphatic carbocycles. The minimum atomic E-state index is -0.755. The molecule has 0 unspecified atom stereocenters. The van der Waals surface area contributed by atoms with Crippen molar-refractivity contribution in [1.29, 1.82) is 0 Å². The molecular formula is C5H10BrFO. The fourth-order valence-corrected chi connectivity index (χ4v) is 0.647. The summed E-state index contributed by atoms with van der Waals surface area (Å²) in [5, 5.41) is 0.413. The van der Waals surface area contributed by atoms with Crippen LogP contribution in [0.1, 0.15) is 6.42 Å². The number of ether oxygens (including phenoxy) is 1. The van der Waals surface area contributed by atoms with Gasteiger partial charge in [0.05, 0.1) is 0 Å². The minimum absolute atomic E-state index is 0.413. The molecule has 8 heavy (non-hydrogen) atoms. The first-order valence-electron chi connectivity index (χ1n) is 2.50. The normalized spacial score (nSPS) is 13.9. The van der Waals surface area contributed by atoms with Crippen LogP contribution in [0.25, 0.3) is 0 Å². The van der Waals surface area contributed by atoms with Crippen molar-refractivity contribution in [3.63, 3.8) is 0 Å². The number of hydrogen-bond donors (Lipinski definition) is 0. The quantitative estimate of drug-likeness (QED) is 0.606. The Bertz CT molecular complexity index is 51.7. The average molecular weight is 185 g/mol. The Hall–Kier alpha value is 0.370. The highest BCUT2D eigenvalue weighted by Gasteiger charge is 2.00. The van der Waals surface area contributed by atoms with E-state index in [0.29, 0.717) is 18.4 Å². The second-order valence-corrected chi connectivity index (χ2v) is 2.18. The van der Waals surface area contributed by atoms with Gasteiger partial charge in [0.15, 0.2) is 0 Å². The molecule has 0 radical (unpaired) electrons. The van der Waals surface area contributed by atoms with Gasteiger partial charge in [-0.1, -0.05) is 15.9 Å². The van der Waals surface area contributed by atoms with Gasteiger partial charge in [0.1, 0.15) is 6.17 Å². The molecule has 0 heterocycles. The van der Waals surface area contributed by atoms with Gasteiger partial charge in [-0.2, -0.15) is 0 Å². The average Bonchev–Trinajstić information content (AvgIpc) is 1.83. The molecule has 1 nitrogen and oxygen atoms in total. The van der Waals surface area contributed by atoms with Crippen molar-refractivity contribution in [2.75, 3.05) is 19.0 Å². The highest BCUT2D eigenvalue weighted by Crippen LogP contribution is 2.00. The number of methoxy groups -OCH3 is 1. The Balaban J connectivity index is 2.86. The highest BCUT2D eigenvalue weighted by molar-refractivity contribution is 9.09. The van der Waals surface area contributed by atoms with Crippen molar-refractivity contribution in [2.24, 2.45) is 0 Å². The summed E-state index contributed by atoms with van der Waals surface area (Å²) < 4.78 is 16.8. The molecular weight excluding hydrogens is 175 g/mol. The number of rotatable bonds is 4. The maximum absolute atomic E-state index is 12.2. The monoisotopic (exact) mass is 184 g/mol. The van der Waals surface area contributed by atoms with Crippen LogP contribution in [0.5, 0.6) is 0 Å². The zero-order valence-corrected chi connectivity index (χ0v) is 6.45. The Kier molecular flexibility index (Phi) is 5.76. The molecule has 0 aromatic carbocycles. The first-order chi connectivity index (χ1) is 3.81. The summed E-state index contributed by atoms with van der Waals surface area (Å²) in [7, 11) is 1.57. The molecule has 1 atom stereocenters. The lowest BCUT2D eigenvalue weighted by molar-refractivity contribution is 0.168. The molecule has 0 saturated carbocycles. The summed E-state index contributed by atoms with van der Waals surface area (Å²) in [6.07, 6.45) is -0.267. The Labute approximate surface area is 57.3 Å². The van der Waals surface area contributed by atoms with Crippen LogP contribution in [0.2, 0.25) is 0 Å². The van der Waals surface area contributed by atoms with Gasteiger partial charge in [-0.3, -0.25) is 0 Å². The van der Waals surface area contributed by atoms with Crippen LogP contribution in [-0.2, 0) is 4.74 Å². The van der Waals surface area contributed by atoms with Crippen LogP contribution >= 0.6 is 15.9 Å². The summed E-state index contributed by atoms with van der Waals surface area (Å²) in [6, 6.07) is 0. The predicted octanol–water partition coefficient (Wildman–Crippen LogP) is 1.76. The molecule has 50 valence electrons. The SMILES string of the molecule is COCC[C@H](F)CBr. The molecule has 0 N–H and O–H groups in total. The fourth-order valence-electron chi connectivity index (χ4n) is 0.323. The smallest absolute Gasteiger partial charge is 0.112 e. The van der Waals surface area contributed by atoms with Crippen LogP contribution in [0.15, 0.2) is 0 Å². The van der Waals surface area contributed by atoms with E-state index >= 15 is 0 Å². The third-order valence-corrected chi connectivity index (χ3v) is 1.51. The van der Waals surface area contributed by atoms with E-state index in [0.717, 1.165) is 0 Å². The zero-order valence-electron chi connectivity index (χ0n) is 4.86. The largest absolute Gasteiger partial charge is 0.385 e. The lowest BCUT2D eigenvalue weighted by Crippen LogP contribution is -2.04. The molecule has 0 aliphatic heterocycles.